The molecule has 0 bridgehead atoms. The van der Waals surface area contributed by atoms with E-state index in [0.717, 1.165) is 19.3 Å². The van der Waals surface area contributed by atoms with E-state index >= 15 is 0 Å². The summed E-state index contributed by atoms with van der Waals surface area (Å²) in [5.41, 5.74) is 0. The molecule has 0 aliphatic carbocycles. The minimum atomic E-state index is -3.07. The number of nitrogens with zero attached hydrogens (tertiary/aromatic N) is 1. The highest BCUT2D eigenvalue weighted by molar-refractivity contribution is 7.89. The highest BCUT2D eigenvalue weighted by atomic mass is 32.2. The smallest absolute Gasteiger partial charge is 0.215 e. The van der Waals surface area contributed by atoms with Gasteiger partial charge in [0.2, 0.25) is 10.0 Å². The molecule has 2 unspecified atom stereocenters. The molecule has 1 aliphatic heterocycles. The molecule has 15 heavy (non-hydrogen) atoms. The molecule has 1 saturated heterocycles. The van der Waals surface area contributed by atoms with Crippen molar-refractivity contribution in [2.75, 3.05) is 19.3 Å². The number of rotatable bonds is 4. The number of hydrogen-bond donors (Lipinski definition) is 1. The summed E-state index contributed by atoms with van der Waals surface area (Å²) in [6.07, 6.45) is 3.12. The Morgan fingerprint density at radius 3 is 2.27 bits per heavy atom. The first-order chi connectivity index (χ1) is 6.99. The molecule has 2 atom stereocenters. The average molecular weight is 234 g/mol. The third kappa shape index (κ3) is 3.16. The molecule has 1 aliphatic rings. The average Bonchev–Trinajstić information content (AvgIpc) is 2.14. The molecule has 0 saturated carbocycles. The van der Waals surface area contributed by atoms with Gasteiger partial charge in [0.1, 0.15) is 0 Å². The molecule has 5 heteroatoms. The largest absolute Gasteiger partial charge is 0.319 e. The number of sulfonamides is 1. The lowest BCUT2D eigenvalue weighted by Crippen LogP contribution is -2.49. The number of nitrogens with one attached hydrogen (secondary N) is 1. The molecule has 0 amide bonds. The van der Waals surface area contributed by atoms with Crippen molar-refractivity contribution in [2.45, 2.75) is 45.2 Å². The van der Waals surface area contributed by atoms with Crippen LogP contribution in [0.3, 0.4) is 0 Å². The van der Waals surface area contributed by atoms with Crippen LogP contribution in [0.5, 0.6) is 0 Å². The van der Waals surface area contributed by atoms with Crippen LogP contribution in [0.15, 0.2) is 0 Å². The van der Waals surface area contributed by atoms with Gasteiger partial charge in [0.25, 0.3) is 0 Å². The van der Waals surface area contributed by atoms with Gasteiger partial charge in [-0.3, -0.25) is 0 Å². The molecule has 1 fully saturated rings. The summed E-state index contributed by atoms with van der Waals surface area (Å²) in [5, 5.41) is 2.89. The summed E-state index contributed by atoms with van der Waals surface area (Å²) in [6, 6.07) is 0.325. The predicted molar refractivity (Wildman–Crippen MR) is 62.3 cm³/mol. The van der Waals surface area contributed by atoms with Crippen LogP contribution >= 0.6 is 0 Å². The van der Waals surface area contributed by atoms with Crippen molar-refractivity contribution in [3.05, 3.63) is 0 Å². The third-order valence-electron chi connectivity index (χ3n) is 3.04. The Kier molecular flexibility index (Phi) is 4.55. The van der Waals surface area contributed by atoms with Gasteiger partial charge in [-0.2, -0.15) is 4.31 Å². The lowest BCUT2D eigenvalue weighted by Gasteiger charge is -2.37. The third-order valence-corrected chi connectivity index (χ3v) is 5.13. The van der Waals surface area contributed by atoms with E-state index in [4.69, 9.17) is 0 Å². The second-order valence-electron chi connectivity index (χ2n) is 4.38. The summed E-state index contributed by atoms with van der Waals surface area (Å²) >= 11 is 0. The normalized spacial score (nSPS) is 29.3. The topological polar surface area (TPSA) is 49.4 Å². The van der Waals surface area contributed by atoms with Crippen LogP contribution in [0.25, 0.3) is 0 Å². The first-order valence-corrected chi connectivity index (χ1v) is 7.25. The SMILES string of the molecule is CNCCS(=O)(=O)N1C(C)CCCC1C. The first-order valence-electron chi connectivity index (χ1n) is 5.65. The molecule has 1 rings (SSSR count). The lowest BCUT2D eigenvalue weighted by atomic mass is 10.0. The second kappa shape index (κ2) is 5.27. The molecular weight excluding hydrogens is 212 g/mol. The fraction of sp³-hybridized carbons (Fsp3) is 1.00. The van der Waals surface area contributed by atoms with Crippen molar-refractivity contribution in [3.8, 4) is 0 Å². The van der Waals surface area contributed by atoms with Gasteiger partial charge in [0, 0.05) is 18.6 Å². The summed E-state index contributed by atoms with van der Waals surface area (Å²) in [6.45, 7) is 4.54. The van der Waals surface area contributed by atoms with Crippen molar-refractivity contribution in [3.63, 3.8) is 0 Å². The van der Waals surface area contributed by atoms with E-state index in [2.05, 4.69) is 5.32 Å². The zero-order chi connectivity index (χ0) is 11.5. The van der Waals surface area contributed by atoms with Gasteiger partial charge in [-0.1, -0.05) is 6.42 Å². The van der Waals surface area contributed by atoms with Crippen LogP contribution in [-0.4, -0.2) is 44.2 Å². The van der Waals surface area contributed by atoms with E-state index in [1.165, 1.54) is 0 Å². The van der Waals surface area contributed by atoms with Gasteiger partial charge in [0.05, 0.1) is 5.75 Å². The molecule has 0 spiro atoms. The maximum Gasteiger partial charge on any atom is 0.215 e. The molecule has 1 heterocycles. The fourth-order valence-electron chi connectivity index (χ4n) is 2.28. The zero-order valence-corrected chi connectivity index (χ0v) is 10.7. The predicted octanol–water partition coefficient (Wildman–Crippen LogP) is 0.798. The van der Waals surface area contributed by atoms with Crippen molar-refractivity contribution in [1.29, 1.82) is 0 Å². The van der Waals surface area contributed by atoms with Gasteiger partial charge < -0.3 is 5.32 Å². The molecule has 0 aromatic rings. The van der Waals surface area contributed by atoms with Crippen LogP contribution in [0.2, 0.25) is 0 Å². The van der Waals surface area contributed by atoms with Crippen molar-refractivity contribution in [2.24, 2.45) is 0 Å². The second-order valence-corrected chi connectivity index (χ2v) is 6.37. The molecule has 0 aromatic heterocycles. The number of piperidine rings is 1. The highest BCUT2D eigenvalue weighted by Gasteiger charge is 2.33. The van der Waals surface area contributed by atoms with E-state index in [0.29, 0.717) is 6.54 Å². The monoisotopic (exact) mass is 234 g/mol. The van der Waals surface area contributed by atoms with Crippen molar-refractivity contribution in [1.82, 2.24) is 9.62 Å². The van der Waals surface area contributed by atoms with E-state index in [1.54, 1.807) is 11.4 Å². The fourth-order valence-corrected chi connectivity index (χ4v) is 4.26. The van der Waals surface area contributed by atoms with Gasteiger partial charge in [0.15, 0.2) is 0 Å². The molecule has 1 N–H and O–H groups in total. The summed E-state index contributed by atoms with van der Waals surface area (Å²) in [7, 11) is -1.30. The highest BCUT2D eigenvalue weighted by Crippen LogP contribution is 2.25. The molecule has 4 nitrogen and oxygen atoms in total. The molecule has 0 radical (unpaired) electrons. The van der Waals surface area contributed by atoms with Crippen molar-refractivity contribution >= 4 is 10.0 Å². The van der Waals surface area contributed by atoms with Crippen LogP contribution in [0.1, 0.15) is 33.1 Å². The molecule has 90 valence electrons. The Labute approximate surface area is 93.1 Å². The molecular formula is C10H22N2O2S. The zero-order valence-electron chi connectivity index (χ0n) is 9.86. The minimum absolute atomic E-state index is 0.163. The molecule has 0 aromatic carbocycles. The van der Waals surface area contributed by atoms with Gasteiger partial charge >= 0.3 is 0 Å². The van der Waals surface area contributed by atoms with E-state index in [-0.39, 0.29) is 17.8 Å². The van der Waals surface area contributed by atoms with E-state index in [1.807, 2.05) is 13.8 Å². The lowest BCUT2D eigenvalue weighted by molar-refractivity contribution is 0.204. The van der Waals surface area contributed by atoms with Gasteiger partial charge in [-0.15, -0.1) is 0 Å². The summed E-state index contributed by atoms with van der Waals surface area (Å²) in [4.78, 5) is 0. The van der Waals surface area contributed by atoms with Crippen LogP contribution in [-0.2, 0) is 10.0 Å². The summed E-state index contributed by atoms with van der Waals surface area (Å²) in [5.74, 6) is 0.207. The Morgan fingerprint density at radius 2 is 1.80 bits per heavy atom. The standard InChI is InChI=1S/C10H22N2O2S/c1-9-5-4-6-10(2)12(9)15(13,14)8-7-11-3/h9-11H,4-8H2,1-3H3. The van der Waals surface area contributed by atoms with Crippen molar-refractivity contribution < 1.29 is 8.42 Å². The van der Waals surface area contributed by atoms with Gasteiger partial charge in [-0.05, 0) is 33.7 Å². The van der Waals surface area contributed by atoms with Crippen LogP contribution in [0.4, 0.5) is 0 Å². The maximum atomic E-state index is 12.1. The Hall–Kier alpha value is -0.130. The van der Waals surface area contributed by atoms with E-state index in [9.17, 15) is 8.42 Å². The number of hydrogen-bond acceptors (Lipinski definition) is 3. The Morgan fingerprint density at radius 1 is 1.27 bits per heavy atom. The Balaban J connectivity index is 2.74. The first kappa shape index (κ1) is 12.9. The maximum absolute atomic E-state index is 12.1. The quantitative estimate of drug-likeness (QED) is 0.783. The minimum Gasteiger partial charge on any atom is -0.319 e. The Bertz CT molecular complexity index is 280. The summed E-state index contributed by atoms with van der Waals surface area (Å²) < 4.78 is 25.8. The van der Waals surface area contributed by atoms with Crippen LogP contribution < -0.4 is 5.32 Å². The van der Waals surface area contributed by atoms with E-state index < -0.39 is 10.0 Å². The van der Waals surface area contributed by atoms with Crippen LogP contribution in [0, 0.1) is 0 Å². The van der Waals surface area contributed by atoms with Gasteiger partial charge in [-0.25, -0.2) is 8.42 Å².